The van der Waals surface area contributed by atoms with Gasteiger partial charge in [-0.15, -0.1) is 0 Å². The molecule has 1 unspecified atom stereocenters. The number of ether oxygens (including phenoxy) is 2. The predicted molar refractivity (Wildman–Crippen MR) is 220 cm³/mol. The fourth-order valence-corrected chi connectivity index (χ4v) is 7.11. The summed E-state index contributed by atoms with van der Waals surface area (Å²) in [4.78, 5) is 34.7. The first-order chi connectivity index (χ1) is 25.8. The number of carbonyl (C=O) groups is 2. The van der Waals surface area contributed by atoms with E-state index in [2.05, 4.69) is 26.0 Å². The van der Waals surface area contributed by atoms with Crippen molar-refractivity contribution in [2.45, 2.75) is 225 Å². The molecular weight excluding hydrogens is 689 g/mol. The van der Waals surface area contributed by atoms with Gasteiger partial charge in [0.15, 0.2) is 6.10 Å². The number of allylic oxidation sites excluding steroid dienone is 2. The van der Waals surface area contributed by atoms with E-state index in [1.54, 1.807) is 0 Å². The second kappa shape index (κ2) is 40.4. The van der Waals surface area contributed by atoms with E-state index in [-0.39, 0.29) is 38.6 Å². The second-order valence-electron chi connectivity index (χ2n) is 14.9. The zero-order valence-corrected chi connectivity index (χ0v) is 35.4. The maximum atomic E-state index is 12.5. The maximum Gasteiger partial charge on any atom is 0.472 e. The Morgan fingerprint density at radius 3 is 1.40 bits per heavy atom. The molecule has 9 nitrogen and oxygen atoms in total. The molecule has 0 aromatic heterocycles. The molecule has 0 rings (SSSR count). The summed E-state index contributed by atoms with van der Waals surface area (Å²) >= 11 is 0. The smallest absolute Gasteiger partial charge is 0.462 e. The first kappa shape index (κ1) is 51.8. The summed E-state index contributed by atoms with van der Waals surface area (Å²) in [6, 6.07) is 0. The van der Waals surface area contributed by atoms with Crippen molar-refractivity contribution in [2.24, 2.45) is 5.73 Å². The van der Waals surface area contributed by atoms with E-state index in [9.17, 15) is 19.0 Å². The fourth-order valence-electron chi connectivity index (χ4n) is 6.35. The predicted octanol–water partition coefficient (Wildman–Crippen LogP) is 12.6. The third-order valence-electron chi connectivity index (χ3n) is 9.65. The summed E-state index contributed by atoms with van der Waals surface area (Å²) in [7, 11) is -4.37. The van der Waals surface area contributed by atoms with Gasteiger partial charge in [-0.25, -0.2) is 4.57 Å². The van der Waals surface area contributed by atoms with E-state index in [1.165, 1.54) is 154 Å². The Hall–Kier alpha value is -1.25. The van der Waals surface area contributed by atoms with Gasteiger partial charge >= 0.3 is 19.8 Å². The van der Waals surface area contributed by atoms with Gasteiger partial charge in [-0.2, -0.15) is 0 Å². The summed E-state index contributed by atoms with van der Waals surface area (Å²) in [6.45, 7) is 3.70. The maximum absolute atomic E-state index is 12.5. The van der Waals surface area contributed by atoms with Crippen molar-refractivity contribution in [2.75, 3.05) is 26.4 Å². The Morgan fingerprint density at radius 2 is 0.943 bits per heavy atom. The van der Waals surface area contributed by atoms with Crippen LogP contribution in [0, 0.1) is 0 Å². The highest BCUT2D eigenvalue weighted by atomic mass is 31.2. The van der Waals surface area contributed by atoms with Crippen LogP contribution >= 0.6 is 7.82 Å². The molecule has 0 bridgehead atoms. The van der Waals surface area contributed by atoms with Gasteiger partial charge in [-0.05, 0) is 32.1 Å². The minimum atomic E-state index is -4.37. The number of phosphoric acid groups is 1. The minimum Gasteiger partial charge on any atom is -0.462 e. The molecule has 2 atom stereocenters. The molecule has 10 heteroatoms. The lowest BCUT2D eigenvalue weighted by atomic mass is 10.0. The first-order valence-corrected chi connectivity index (χ1v) is 23.7. The van der Waals surface area contributed by atoms with Gasteiger partial charge < -0.3 is 20.1 Å². The summed E-state index contributed by atoms with van der Waals surface area (Å²) < 4.78 is 32.7. The van der Waals surface area contributed by atoms with Crippen LogP contribution in [0.5, 0.6) is 0 Å². The van der Waals surface area contributed by atoms with E-state index >= 15 is 0 Å². The molecule has 314 valence electrons. The van der Waals surface area contributed by atoms with Gasteiger partial charge in [0.2, 0.25) is 0 Å². The van der Waals surface area contributed by atoms with E-state index < -0.39 is 26.5 Å². The lowest BCUT2D eigenvalue weighted by molar-refractivity contribution is -0.161. The van der Waals surface area contributed by atoms with Crippen molar-refractivity contribution in [1.82, 2.24) is 0 Å². The van der Waals surface area contributed by atoms with Crippen LogP contribution in [-0.2, 0) is 32.7 Å². The van der Waals surface area contributed by atoms with Gasteiger partial charge in [0.05, 0.1) is 13.2 Å². The van der Waals surface area contributed by atoms with Crippen LogP contribution in [0.25, 0.3) is 0 Å². The highest BCUT2D eigenvalue weighted by Crippen LogP contribution is 2.43. The van der Waals surface area contributed by atoms with Crippen LogP contribution in [0.15, 0.2) is 12.2 Å². The van der Waals surface area contributed by atoms with Gasteiger partial charge in [-0.1, -0.05) is 187 Å². The lowest BCUT2D eigenvalue weighted by Crippen LogP contribution is -2.29. The Morgan fingerprint density at radius 1 is 0.547 bits per heavy atom. The monoisotopic (exact) mass is 774 g/mol. The molecule has 0 aromatic rings. The SMILES string of the molecule is CCCCCCCCCCCCCCCCCCCC/C=C/CCCC(=O)O[C@H](COC(=O)CCCCCCCCCCC)COP(=O)(O)OCCN. The standard InChI is InChI=1S/C43H84NO8P/c1-3-5-7-9-11-13-14-15-16-17-18-19-20-21-22-23-24-25-26-28-30-32-34-36-43(46)52-41(40-51-53(47,48)50-38-37-44)39-49-42(45)35-33-31-29-27-12-10-8-6-4-2/h28,30,41H,3-27,29,31-40,44H2,1-2H3,(H,47,48)/b30-28+/t41-/m1/s1. The minimum absolute atomic E-state index is 0.0524. The van der Waals surface area contributed by atoms with Gasteiger partial charge in [0, 0.05) is 19.4 Å². The Bertz CT molecular complexity index is 886. The molecule has 0 spiro atoms. The van der Waals surface area contributed by atoms with Crippen molar-refractivity contribution < 1.29 is 37.6 Å². The number of nitrogens with two attached hydrogens (primary N) is 1. The average molecular weight is 774 g/mol. The molecule has 0 aliphatic carbocycles. The van der Waals surface area contributed by atoms with Crippen molar-refractivity contribution in [1.29, 1.82) is 0 Å². The zero-order chi connectivity index (χ0) is 38.9. The molecule has 0 saturated heterocycles. The Kier molecular flexibility index (Phi) is 39.5. The lowest BCUT2D eigenvalue weighted by Gasteiger charge is -2.19. The van der Waals surface area contributed by atoms with E-state index in [0.29, 0.717) is 6.42 Å². The Balaban J connectivity index is 4.02. The molecule has 0 aliphatic heterocycles. The van der Waals surface area contributed by atoms with Crippen molar-refractivity contribution in [3.05, 3.63) is 12.2 Å². The number of unbranched alkanes of at least 4 members (excludes halogenated alkanes) is 27. The van der Waals surface area contributed by atoms with Crippen molar-refractivity contribution >= 4 is 19.8 Å². The van der Waals surface area contributed by atoms with Crippen LogP contribution in [-0.4, -0.2) is 49.3 Å². The highest BCUT2D eigenvalue weighted by molar-refractivity contribution is 7.47. The number of hydrogen-bond acceptors (Lipinski definition) is 8. The normalized spacial score (nSPS) is 13.4. The molecule has 0 aliphatic rings. The summed E-state index contributed by atoms with van der Waals surface area (Å²) in [5, 5.41) is 0. The van der Waals surface area contributed by atoms with Crippen LogP contribution in [0.2, 0.25) is 0 Å². The third kappa shape index (κ3) is 40.2. The molecule has 0 amide bonds. The summed E-state index contributed by atoms with van der Waals surface area (Å²) in [5.41, 5.74) is 5.34. The quantitative estimate of drug-likeness (QED) is 0.0269. The highest BCUT2D eigenvalue weighted by Gasteiger charge is 2.26. The van der Waals surface area contributed by atoms with Crippen LogP contribution < -0.4 is 5.73 Å². The molecule has 3 N–H and O–H groups in total. The third-order valence-corrected chi connectivity index (χ3v) is 10.6. The van der Waals surface area contributed by atoms with Crippen LogP contribution in [0.3, 0.4) is 0 Å². The number of hydrogen-bond donors (Lipinski definition) is 2. The van der Waals surface area contributed by atoms with Crippen LogP contribution in [0.4, 0.5) is 0 Å². The average Bonchev–Trinajstić information content (AvgIpc) is 3.14. The van der Waals surface area contributed by atoms with Gasteiger partial charge in [0.25, 0.3) is 0 Å². The molecule has 0 aromatic carbocycles. The number of rotatable bonds is 42. The number of esters is 2. The summed E-state index contributed by atoms with van der Waals surface area (Å²) in [6.07, 6.45) is 41.3. The van der Waals surface area contributed by atoms with Crippen molar-refractivity contribution in [3.8, 4) is 0 Å². The Labute approximate surface area is 326 Å². The van der Waals surface area contributed by atoms with E-state index in [0.717, 1.165) is 32.1 Å². The number of carbonyl (C=O) groups excluding carboxylic acids is 2. The zero-order valence-electron chi connectivity index (χ0n) is 34.5. The number of phosphoric ester groups is 1. The molecule has 53 heavy (non-hydrogen) atoms. The first-order valence-electron chi connectivity index (χ1n) is 22.2. The van der Waals surface area contributed by atoms with E-state index in [1.807, 2.05) is 0 Å². The van der Waals surface area contributed by atoms with Crippen molar-refractivity contribution in [3.63, 3.8) is 0 Å². The second-order valence-corrected chi connectivity index (χ2v) is 16.4. The topological polar surface area (TPSA) is 134 Å². The molecule has 0 fully saturated rings. The molecular formula is C43H84NO8P. The van der Waals surface area contributed by atoms with Gasteiger partial charge in [0.1, 0.15) is 6.61 Å². The molecule has 0 saturated carbocycles. The molecule has 0 radical (unpaired) electrons. The largest absolute Gasteiger partial charge is 0.472 e. The van der Waals surface area contributed by atoms with E-state index in [4.69, 9.17) is 24.3 Å². The van der Waals surface area contributed by atoms with Crippen LogP contribution in [0.1, 0.15) is 219 Å². The summed E-state index contributed by atoms with van der Waals surface area (Å²) in [5.74, 6) is -0.860. The molecule has 0 heterocycles. The van der Waals surface area contributed by atoms with Gasteiger partial charge in [-0.3, -0.25) is 18.6 Å². The fraction of sp³-hybridized carbons (Fsp3) is 0.907.